The number of hydrogen-bond acceptors (Lipinski definition) is 7. The van der Waals surface area contributed by atoms with Crippen molar-refractivity contribution in [2.24, 2.45) is 0 Å². The Bertz CT molecular complexity index is 1420. The molecule has 2 aliphatic rings. The third kappa shape index (κ3) is 6.32. The molecule has 1 amide bonds. The van der Waals surface area contributed by atoms with Gasteiger partial charge in [-0.25, -0.2) is 4.98 Å². The van der Waals surface area contributed by atoms with E-state index in [1.165, 1.54) is 16.2 Å². The first-order valence-electron chi connectivity index (χ1n) is 12.4. The van der Waals surface area contributed by atoms with Crippen LogP contribution in [-0.2, 0) is 46.4 Å². The molecule has 1 unspecified atom stereocenters. The van der Waals surface area contributed by atoms with E-state index in [-0.39, 0.29) is 43.0 Å². The van der Waals surface area contributed by atoms with Gasteiger partial charge in [-0.05, 0) is 25.0 Å². The molecule has 4 heterocycles. The van der Waals surface area contributed by atoms with Crippen LogP contribution in [0.4, 0.5) is 26.3 Å². The van der Waals surface area contributed by atoms with Crippen molar-refractivity contribution in [3.8, 4) is 5.75 Å². The molecule has 2 aromatic heterocycles. The number of alkyl halides is 6. The van der Waals surface area contributed by atoms with Crippen LogP contribution < -0.4 is 4.74 Å². The first kappa shape index (κ1) is 29.6. The Morgan fingerprint density at radius 1 is 1.10 bits per heavy atom. The number of aromatic nitrogens is 3. The predicted octanol–water partition coefficient (Wildman–Crippen LogP) is 6.19. The number of piperidine rings is 1. The summed E-state index contributed by atoms with van der Waals surface area (Å²) in [4.78, 5) is 18.7. The lowest BCUT2D eigenvalue weighted by Gasteiger charge is -2.31. The Hall–Kier alpha value is -2.88. The molecule has 5 rings (SSSR count). The number of ether oxygens (including phenoxy) is 3. The molecule has 1 fully saturated rings. The zero-order valence-corrected chi connectivity index (χ0v) is 23.0. The van der Waals surface area contributed by atoms with Crippen molar-refractivity contribution in [3.05, 3.63) is 61.8 Å². The summed E-state index contributed by atoms with van der Waals surface area (Å²) >= 11 is 7.74. The molecule has 0 aliphatic carbocycles. The van der Waals surface area contributed by atoms with Crippen molar-refractivity contribution < 1.29 is 45.3 Å². The van der Waals surface area contributed by atoms with Crippen molar-refractivity contribution in [1.29, 1.82) is 0 Å². The second-order valence-corrected chi connectivity index (χ2v) is 10.8. The van der Waals surface area contributed by atoms with Crippen LogP contribution in [0.2, 0.25) is 5.02 Å². The predicted molar refractivity (Wildman–Crippen MR) is 133 cm³/mol. The number of halogens is 7. The van der Waals surface area contributed by atoms with E-state index in [0.29, 0.717) is 29.3 Å². The fraction of sp³-hybridized carbons (Fsp3) is 0.480. The van der Waals surface area contributed by atoms with Gasteiger partial charge >= 0.3 is 12.4 Å². The van der Waals surface area contributed by atoms with Crippen LogP contribution in [0, 0.1) is 0 Å². The van der Waals surface area contributed by atoms with E-state index < -0.39 is 42.5 Å². The first-order chi connectivity index (χ1) is 19.3. The van der Waals surface area contributed by atoms with Gasteiger partial charge in [0.15, 0.2) is 5.69 Å². The Labute approximate surface area is 238 Å². The van der Waals surface area contributed by atoms with E-state index in [0.717, 1.165) is 16.1 Å². The zero-order chi connectivity index (χ0) is 29.5. The maximum absolute atomic E-state index is 13.3. The number of amides is 1. The lowest BCUT2D eigenvalue weighted by atomic mass is 9.97. The van der Waals surface area contributed by atoms with Crippen LogP contribution in [0.5, 0.6) is 5.75 Å². The lowest BCUT2D eigenvalue weighted by molar-refractivity contribution is -0.155. The van der Waals surface area contributed by atoms with Crippen LogP contribution in [-0.4, -0.2) is 45.8 Å². The van der Waals surface area contributed by atoms with Gasteiger partial charge in [-0.2, -0.15) is 31.4 Å². The van der Waals surface area contributed by atoms with E-state index in [9.17, 15) is 31.1 Å². The largest absolute Gasteiger partial charge is 0.496 e. The minimum Gasteiger partial charge on any atom is -0.496 e. The molecule has 16 heteroatoms. The number of benzene rings is 1. The smallest absolute Gasteiger partial charge is 0.435 e. The summed E-state index contributed by atoms with van der Waals surface area (Å²) in [5.41, 5.74) is -1.20. The average Bonchev–Trinajstić information content (AvgIpc) is 3.52. The Morgan fingerprint density at radius 3 is 2.41 bits per heavy atom. The molecule has 0 bridgehead atoms. The fourth-order valence-corrected chi connectivity index (χ4v) is 6.01. The van der Waals surface area contributed by atoms with Crippen molar-refractivity contribution >= 4 is 28.8 Å². The third-order valence-electron chi connectivity index (χ3n) is 6.93. The standard InChI is InChI=1S/C25H23ClF6N4O4S/c1-38-18-3-2-16(26)14-10-39-23(40-11-15(14)18)17-12-41-22(33-17)13-4-6-35(7-5-13)21(37)9-36-20(25(30,31)32)8-19(34-36)24(27,28)29/h2-3,8,12-13,23H,4-7,9-11H2,1H3. The van der Waals surface area contributed by atoms with Crippen LogP contribution in [0.25, 0.3) is 0 Å². The Balaban J connectivity index is 1.20. The van der Waals surface area contributed by atoms with Gasteiger partial charge in [-0.15, -0.1) is 11.3 Å². The number of carbonyl (C=O) groups excluding carboxylic acids is 1. The average molecular weight is 625 g/mol. The fourth-order valence-electron chi connectivity index (χ4n) is 4.79. The number of thiazole rings is 1. The van der Waals surface area contributed by atoms with E-state index in [1.54, 1.807) is 19.2 Å². The Kier molecular flexibility index (Phi) is 8.25. The molecule has 1 atom stereocenters. The minimum absolute atomic E-state index is 0.0254. The molecular formula is C25H23ClF6N4O4S. The van der Waals surface area contributed by atoms with Gasteiger partial charge in [0.05, 0.1) is 25.3 Å². The van der Waals surface area contributed by atoms with E-state index in [4.69, 9.17) is 25.8 Å². The summed E-state index contributed by atoms with van der Waals surface area (Å²) < 4.78 is 96.0. The van der Waals surface area contributed by atoms with Crippen LogP contribution in [0.3, 0.4) is 0 Å². The summed E-state index contributed by atoms with van der Waals surface area (Å²) in [7, 11) is 1.55. The molecule has 8 nitrogen and oxygen atoms in total. The number of methoxy groups -OCH3 is 1. The molecular weight excluding hydrogens is 602 g/mol. The molecule has 0 radical (unpaired) electrons. The monoisotopic (exact) mass is 624 g/mol. The number of rotatable bonds is 5. The number of fused-ring (bicyclic) bond motifs is 1. The van der Waals surface area contributed by atoms with E-state index in [1.807, 2.05) is 5.38 Å². The molecule has 0 saturated carbocycles. The maximum atomic E-state index is 13.3. The van der Waals surface area contributed by atoms with Gasteiger partial charge in [0.1, 0.15) is 23.7 Å². The highest BCUT2D eigenvalue weighted by Gasteiger charge is 2.42. The molecule has 41 heavy (non-hydrogen) atoms. The highest BCUT2D eigenvalue weighted by Crippen LogP contribution is 2.38. The van der Waals surface area contributed by atoms with Gasteiger partial charge in [-0.1, -0.05) is 11.6 Å². The van der Waals surface area contributed by atoms with Crippen LogP contribution in [0.15, 0.2) is 23.6 Å². The van der Waals surface area contributed by atoms with Gasteiger partial charge in [0, 0.05) is 46.6 Å². The van der Waals surface area contributed by atoms with Gasteiger partial charge in [-0.3, -0.25) is 9.48 Å². The molecule has 222 valence electrons. The maximum Gasteiger partial charge on any atom is 0.435 e. The number of likely N-dealkylation sites (tertiary alicyclic amines) is 1. The molecule has 0 spiro atoms. The third-order valence-corrected chi connectivity index (χ3v) is 8.31. The summed E-state index contributed by atoms with van der Waals surface area (Å²) in [5, 5.41) is 6.15. The lowest BCUT2D eigenvalue weighted by Crippen LogP contribution is -2.40. The van der Waals surface area contributed by atoms with Crippen molar-refractivity contribution in [2.45, 2.75) is 57.2 Å². The molecule has 2 aliphatic heterocycles. The number of nitrogens with zero attached hydrogens (tertiary/aromatic N) is 4. The van der Waals surface area contributed by atoms with E-state index in [2.05, 4.69) is 10.1 Å². The summed E-state index contributed by atoms with van der Waals surface area (Å²) in [5.74, 6) is -0.140. The summed E-state index contributed by atoms with van der Waals surface area (Å²) in [6.07, 6.45) is -9.97. The second-order valence-electron chi connectivity index (χ2n) is 9.49. The quantitative estimate of drug-likeness (QED) is 0.315. The van der Waals surface area contributed by atoms with Gasteiger partial charge in [0.2, 0.25) is 12.2 Å². The molecule has 3 aromatic rings. The zero-order valence-electron chi connectivity index (χ0n) is 21.4. The first-order valence-corrected chi connectivity index (χ1v) is 13.6. The van der Waals surface area contributed by atoms with Gasteiger partial charge in [0.25, 0.3) is 0 Å². The SMILES string of the molecule is COc1ccc(Cl)c2c1COC(c1csc(C3CCN(C(=O)Cn4nc(C(F)(F)F)cc4C(F)(F)F)CC3)n1)OC2. The normalized spacial score (nSPS) is 18.7. The molecule has 1 saturated heterocycles. The van der Waals surface area contributed by atoms with Crippen molar-refractivity contribution in [3.63, 3.8) is 0 Å². The second kappa shape index (κ2) is 11.4. The summed E-state index contributed by atoms with van der Waals surface area (Å²) in [6, 6.07) is 3.39. The molecule has 0 N–H and O–H groups in total. The summed E-state index contributed by atoms with van der Waals surface area (Å²) in [6.45, 7) is -0.146. The highest BCUT2D eigenvalue weighted by molar-refractivity contribution is 7.09. The van der Waals surface area contributed by atoms with E-state index >= 15 is 0 Å². The Morgan fingerprint density at radius 2 is 1.78 bits per heavy atom. The topological polar surface area (TPSA) is 78.7 Å². The van der Waals surface area contributed by atoms with Crippen molar-refractivity contribution in [2.75, 3.05) is 20.2 Å². The minimum atomic E-state index is -5.10. The van der Waals surface area contributed by atoms with Crippen LogP contribution >= 0.6 is 22.9 Å². The molecule has 1 aromatic carbocycles. The van der Waals surface area contributed by atoms with Crippen molar-refractivity contribution in [1.82, 2.24) is 19.7 Å². The number of hydrogen-bond donors (Lipinski definition) is 0. The number of carbonyl (C=O) groups is 1. The highest BCUT2D eigenvalue weighted by atomic mass is 35.5. The van der Waals surface area contributed by atoms with Gasteiger partial charge < -0.3 is 19.1 Å². The van der Waals surface area contributed by atoms with Crippen LogP contribution in [0.1, 0.15) is 58.3 Å².